The van der Waals surface area contributed by atoms with Crippen LogP contribution in [0.5, 0.6) is 0 Å². The Balaban J connectivity index is 1.31. The fourth-order valence-electron chi connectivity index (χ4n) is 4.48. The van der Waals surface area contributed by atoms with Gasteiger partial charge >= 0.3 is 0 Å². The van der Waals surface area contributed by atoms with Crippen LogP contribution in [0.15, 0.2) is 65.7 Å². The molecule has 2 saturated heterocycles. The van der Waals surface area contributed by atoms with Gasteiger partial charge in [0.25, 0.3) is 11.1 Å². The first-order chi connectivity index (χ1) is 17.1. The van der Waals surface area contributed by atoms with E-state index in [4.69, 9.17) is 4.74 Å². The summed E-state index contributed by atoms with van der Waals surface area (Å²) in [5.41, 5.74) is 2.78. The Kier molecular flexibility index (Phi) is 7.01. The van der Waals surface area contributed by atoms with Crippen LogP contribution in [-0.4, -0.2) is 52.3 Å². The molecule has 1 N–H and O–H groups in total. The van der Waals surface area contributed by atoms with Crippen molar-refractivity contribution in [1.29, 1.82) is 0 Å². The molecule has 0 radical (unpaired) electrons. The summed E-state index contributed by atoms with van der Waals surface area (Å²) in [6.07, 6.45) is 6.34. The van der Waals surface area contributed by atoms with Gasteiger partial charge in [-0.2, -0.15) is 0 Å². The second kappa shape index (κ2) is 10.5. The molecule has 180 valence electrons. The first kappa shape index (κ1) is 23.4. The normalized spacial score (nSPS) is 19.3. The molecule has 2 aliphatic rings. The van der Waals surface area contributed by atoms with Crippen LogP contribution in [0.2, 0.25) is 0 Å². The van der Waals surface area contributed by atoms with E-state index >= 15 is 0 Å². The number of para-hydroxylation sites is 1. The SMILES string of the molecule is O=C(Cn1cc(/C=C2\SC(=O)N(CCc3ccccc3)C2=O)c2ccccc21)NC[C@H]1CCCO1. The van der Waals surface area contributed by atoms with Gasteiger partial charge in [-0.1, -0.05) is 48.5 Å². The number of imide groups is 1. The van der Waals surface area contributed by atoms with Gasteiger partial charge in [0, 0.05) is 42.4 Å². The van der Waals surface area contributed by atoms with Crippen LogP contribution in [0.4, 0.5) is 4.79 Å². The Labute approximate surface area is 208 Å². The van der Waals surface area contributed by atoms with Gasteiger partial charge in [0.15, 0.2) is 0 Å². The van der Waals surface area contributed by atoms with E-state index in [1.165, 1.54) is 4.90 Å². The molecule has 2 aromatic carbocycles. The molecule has 8 heteroatoms. The van der Waals surface area contributed by atoms with Crippen molar-refractivity contribution in [3.8, 4) is 0 Å². The third kappa shape index (κ3) is 5.33. The van der Waals surface area contributed by atoms with Crippen molar-refractivity contribution >= 4 is 45.8 Å². The highest BCUT2D eigenvalue weighted by Gasteiger charge is 2.34. The molecule has 3 amide bonds. The fraction of sp³-hybridized carbons (Fsp3) is 0.296. The molecule has 2 fully saturated rings. The predicted octanol–water partition coefficient (Wildman–Crippen LogP) is 4.22. The second-order valence-corrected chi connectivity index (χ2v) is 9.73. The second-order valence-electron chi connectivity index (χ2n) is 8.74. The van der Waals surface area contributed by atoms with Crippen molar-refractivity contribution in [2.24, 2.45) is 0 Å². The minimum Gasteiger partial charge on any atom is -0.376 e. The minimum atomic E-state index is -0.276. The summed E-state index contributed by atoms with van der Waals surface area (Å²) in [5.74, 6) is -0.365. The number of hydrogen-bond acceptors (Lipinski definition) is 5. The summed E-state index contributed by atoms with van der Waals surface area (Å²) in [4.78, 5) is 39.9. The molecule has 35 heavy (non-hydrogen) atoms. The number of nitrogens with one attached hydrogen (secondary N) is 1. The first-order valence-corrected chi connectivity index (χ1v) is 12.7. The fourth-order valence-corrected chi connectivity index (χ4v) is 5.34. The van der Waals surface area contributed by atoms with Gasteiger partial charge in [-0.05, 0) is 48.7 Å². The third-order valence-electron chi connectivity index (χ3n) is 6.31. The van der Waals surface area contributed by atoms with Crippen LogP contribution in [0, 0.1) is 0 Å². The number of carbonyl (C=O) groups is 3. The van der Waals surface area contributed by atoms with Crippen LogP contribution in [0.1, 0.15) is 24.0 Å². The molecule has 0 unspecified atom stereocenters. The molecular weight excluding hydrogens is 462 g/mol. The lowest BCUT2D eigenvalue weighted by Gasteiger charge is -2.12. The predicted molar refractivity (Wildman–Crippen MR) is 137 cm³/mol. The van der Waals surface area contributed by atoms with E-state index < -0.39 is 0 Å². The van der Waals surface area contributed by atoms with Crippen LogP contribution in [0.25, 0.3) is 17.0 Å². The topological polar surface area (TPSA) is 80.6 Å². The number of amides is 3. The Morgan fingerprint density at radius 2 is 1.91 bits per heavy atom. The smallest absolute Gasteiger partial charge is 0.293 e. The Morgan fingerprint density at radius 3 is 2.71 bits per heavy atom. The van der Waals surface area contributed by atoms with Crippen LogP contribution >= 0.6 is 11.8 Å². The van der Waals surface area contributed by atoms with Gasteiger partial charge in [0.05, 0.1) is 11.0 Å². The van der Waals surface area contributed by atoms with E-state index in [-0.39, 0.29) is 29.7 Å². The molecule has 1 atom stereocenters. The van der Waals surface area contributed by atoms with Crippen LogP contribution < -0.4 is 5.32 Å². The highest BCUT2D eigenvalue weighted by atomic mass is 32.2. The zero-order valence-corrected chi connectivity index (χ0v) is 20.1. The lowest BCUT2D eigenvalue weighted by molar-refractivity contribution is -0.123. The number of rotatable bonds is 8. The summed E-state index contributed by atoms with van der Waals surface area (Å²) >= 11 is 0.962. The van der Waals surface area contributed by atoms with Crippen molar-refractivity contribution in [2.75, 3.05) is 19.7 Å². The maximum absolute atomic E-state index is 13.0. The quantitative estimate of drug-likeness (QED) is 0.480. The van der Waals surface area contributed by atoms with E-state index in [2.05, 4.69) is 5.32 Å². The molecule has 0 spiro atoms. The molecule has 1 aromatic heterocycles. The van der Waals surface area contributed by atoms with Crippen molar-refractivity contribution in [2.45, 2.75) is 31.9 Å². The van der Waals surface area contributed by atoms with Gasteiger partial charge in [-0.3, -0.25) is 19.3 Å². The van der Waals surface area contributed by atoms with Gasteiger partial charge in [-0.15, -0.1) is 0 Å². The number of benzene rings is 2. The first-order valence-electron chi connectivity index (χ1n) is 11.8. The summed E-state index contributed by atoms with van der Waals surface area (Å²) in [6, 6.07) is 17.6. The number of carbonyl (C=O) groups excluding carboxylic acids is 3. The van der Waals surface area contributed by atoms with Crippen molar-refractivity contribution in [1.82, 2.24) is 14.8 Å². The summed E-state index contributed by atoms with van der Waals surface area (Å²) in [5, 5.41) is 3.63. The van der Waals surface area contributed by atoms with Crippen LogP contribution in [-0.2, 0) is 27.3 Å². The van der Waals surface area contributed by atoms with E-state index in [0.717, 1.165) is 53.2 Å². The molecule has 5 rings (SSSR count). The average Bonchev–Trinajstić information content (AvgIpc) is 3.57. The Hall–Kier alpha value is -3.36. The molecule has 0 aliphatic carbocycles. The maximum Gasteiger partial charge on any atom is 0.293 e. The summed E-state index contributed by atoms with van der Waals surface area (Å²) in [6.45, 7) is 1.78. The van der Waals surface area contributed by atoms with Gasteiger partial charge in [0.1, 0.15) is 6.54 Å². The van der Waals surface area contributed by atoms with Gasteiger partial charge in [-0.25, -0.2) is 0 Å². The lowest BCUT2D eigenvalue weighted by atomic mass is 10.1. The van der Waals surface area contributed by atoms with E-state index in [1.807, 2.05) is 65.4 Å². The Bertz CT molecular complexity index is 1280. The van der Waals surface area contributed by atoms with Crippen molar-refractivity contribution < 1.29 is 19.1 Å². The monoisotopic (exact) mass is 489 g/mol. The minimum absolute atomic E-state index is 0.0889. The van der Waals surface area contributed by atoms with Crippen molar-refractivity contribution in [3.63, 3.8) is 0 Å². The number of fused-ring (bicyclic) bond motifs is 1. The zero-order chi connectivity index (χ0) is 24.2. The zero-order valence-electron chi connectivity index (χ0n) is 19.3. The van der Waals surface area contributed by atoms with E-state index in [9.17, 15) is 14.4 Å². The highest BCUT2D eigenvalue weighted by molar-refractivity contribution is 8.18. The Morgan fingerprint density at radius 1 is 1.11 bits per heavy atom. The van der Waals surface area contributed by atoms with Crippen molar-refractivity contribution in [3.05, 3.63) is 76.8 Å². The molecule has 2 aliphatic heterocycles. The number of thioether (sulfide) groups is 1. The highest BCUT2D eigenvalue weighted by Crippen LogP contribution is 2.34. The molecule has 3 aromatic rings. The number of nitrogens with zero attached hydrogens (tertiary/aromatic N) is 2. The standard InChI is InChI=1S/C27H27N3O4S/c31-25(28-16-21-9-6-14-34-21)18-29-17-20(22-10-4-5-11-23(22)29)15-24-26(32)30(27(33)35-24)13-12-19-7-2-1-3-8-19/h1-5,7-8,10-11,15,17,21H,6,9,12-14,16,18H2,(H,28,31)/b24-15-/t21-/m1/s1. The molecule has 7 nitrogen and oxygen atoms in total. The summed E-state index contributed by atoms with van der Waals surface area (Å²) in [7, 11) is 0. The van der Waals surface area contributed by atoms with Gasteiger partial charge in [0.2, 0.25) is 5.91 Å². The van der Waals surface area contributed by atoms with E-state index in [0.29, 0.717) is 24.4 Å². The number of hydrogen-bond donors (Lipinski definition) is 1. The lowest BCUT2D eigenvalue weighted by Crippen LogP contribution is -2.34. The molecule has 0 saturated carbocycles. The van der Waals surface area contributed by atoms with E-state index in [1.54, 1.807) is 6.08 Å². The molecule has 3 heterocycles. The molecule has 0 bridgehead atoms. The third-order valence-corrected chi connectivity index (χ3v) is 7.22. The average molecular weight is 490 g/mol. The largest absolute Gasteiger partial charge is 0.376 e. The van der Waals surface area contributed by atoms with Gasteiger partial charge < -0.3 is 14.6 Å². The number of ether oxygens (including phenoxy) is 1. The molecular formula is C27H27N3O4S. The number of aromatic nitrogens is 1. The summed E-state index contributed by atoms with van der Waals surface area (Å²) < 4.78 is 7.46. The maximum atomic E-state index is 13.0. The van der Waals surface area contributed by atoms with Crippen LogP contribution in [0.3, 0.4) is 0 Å².